The molecule has 0 unspecified atom stereocenters. The van der Waals surface area contributed by atoms with E-state index in [2.05, 4.69) is 10.1 Å². The highest BCUT2D eigenvalue weighted by molar-refractivity contribution is 7.13. The Labute approximate surface area is 175 Å². The van der Waals surface area contributed by atoms with E-state index in [1.54, 1.807) is 4.90 Å². The summed E-state index contributed by atoms with van der Waals surface area (Å²) in [5.41, 5.74) is -0.553. The van der Waals surface area contributed by atoms with E-state index in [-0.39, 0.29) is 17.4 Å². The molecule has 156 valence electrons. The summed E-state index contributed by atoms with van der Waals surface area (Å²) >= 11 is 1.39. The lowest BCUT2D eigenvalue weighted by Crippen LogP contribution is -2.54. The van der Waals surface area contributed by atoms with Gasteiger partial charge in [-0.25, -0.2) is 9.67 Å². The van der Waals surface area contributed by atoms with Gasteiger partial charge in [0.05, 0.1) is 16.1 Å². The molecule has 5 nitrogen and oxygen atoms in total. The average molecular weight is 432 g/mol. The Hall–Kier alpha value is -2.68. The molecule has 1 saturated carbocycles. The molecule has 1 aliphatic carbocycles. The van der Waals surface area contributed by atoms with Gasteiger partial charge in [0.2, 0.25) is 5.82 Å². The largest absolute Gasteiger partial charge is 0.416 e. The van der Waals surface area contributed by atoms with E-state index in [9.17, 15) is 18.0 Å². The minimum absolute atomic E-state index is 0.0165. The number of hydrogen-bond acceptors (Lipinski definition) is 4. The van der Waals surface area contributed by atoms with Crippen LogP contribution in [0, 0.1) is 11.8 Å². The van der Waals surface area contributed by atoms with E-state index in [0.29, 0.717) is 30.7 Å². The second kappa shape index (κ2) is 7.23. The summed E-state index contributed by atoms with van der Waals surface area (Å²) in [6.07, 6.45) is -0.732. The molecule has 2 aromatic heterocycles. The molecule has 1 aromatic carbocycles. The number of hydrogen-bond donors (Lipinski definition) is 0. The molecule has 0 bridgehead atoms. The van der Waals surface area contributed by atoms with Crippen molar-refractivity contribution in [2.75, 3.05) is 13.1 Å². The molecule has 3 aromatic rings. The fraction of sp³-hybridized carbons (Fsp3) is 0.381. The van der Waals surface area contributed by atoms with Crippen LogP contribution >= 0.6 is 11.3 Å². The maximum Gasteiger partial charge on any atom is 0.416 e. The second-order valence-electron chi connectivity index (χ2n) is 7.86. The molecule has 0 radical (unpaired) electrons. The van der Waals surface area contributed by atoms with Crippen LogP contribution < -0.4 is 0 Å². The summed E-state index contributed by atoms with van der Waals surface area (Å²) in [5.74, 6) is 1.37. The number of halogens is 3. The molecule has 0 atom stereocenters. The molecule has 2 aliphatic rings. The van der Waals surface area contributed by atoms with E-state index in [4.69, 9.17) is 0 Å². The second-order valence-corrected chi connectivity index (χ2v) is 8.81. The van der Waals surface area contributed by atoms with Gasteiger partial charge in [0.15, 0.2) is 5.82 Å². The predicted molar refractivity (Wildman–Crippen MR) is 106 cm³/mol. The van der Waals surface area contributed by atoms with Crippen molar-refractivity contribution < 1.29 is 18.0 Å². The van der Waals surface area contributed by atoms with Crippen LogP contribution in [-0.4, -0.2) is 38.7 Å². The minimum Gasteiger partial charge on any atom is -0.335 e. The number of nitrogens with zero attached hydrogens (tertiary/aromatic N) is 4. The Morgan fingerprint density at radius 3 is 2.53 bits per heavy atom. The van der Waals surface area contributed by atoms with Gasteiger partial charge in [-0.3, -0.25) is 4.79 Å². The van der Waals surface area contributed by atoms with Crippen molar-refractivity contribution >= 4 is 17.2 Å². The van der Waals surface area contributed by atoms with Crippen LogP contribution in [0.4, 0.5) is 13.2 Å². The molecule has 1 saturated heterocycles. The van der Waals surface area contributed by atoms with Crippen molar-refractivity contribution in [1.29, 1.82) is 0 Å². The number of benzene rings is 1. The van der Waals surface area contributed by atoms with Gasteiger partial charge < -0.3 is 4.90 Å². The summed E-state index contributed by atoms with van der Waals surface area (Å²) in [4.78, 5) is 19.8. The normalized spacial score (nSPS) is 17.6. The molecule has 5 rings (SSSR count). The van der Waals surface area contributed by atoms with Crippen molar-refractivity contribution in [3.8, 4) is 16.4 Å². The standard InChI is InChI=1S/C21H19F3N4OS/c22-21(23,24)15-6-2-7-16(10-15)28-19(17-8-3-9-30-17)25-18(26-28)20(29)27-11-14(12-27)13-4-1-5-13/h2-3,6-10,13-14H,1,4-5,11-12H2. The van der Waals surface area contributed by atoms with E-state index >= 15 is 0 Å². The maximum absolute atomic E-state index is 13.2. The summed E-state index contributed by atoms with van der Waals surface area (Å²) in [6, 6.07) is 8.53. The number of carbonyl (C=O) groups is 1. The Bertz CT molecular complexity index is 1070. The van der Waals surface area contributed by atoms with Crippen LogP contribution in [0.25, 0.3) is 16.4 Å². The third-order valence-electron chi connectivity index (χ3n) is 5.97. The summed E-state index contributed by atoms with van der Waals surface area (Å²) < 4.78 is 40.9. The van der Waals surface area contributed by atoms with Crippen LogP contribution in [0.5, 0.6) is 0 Å². The average Bonchev–Trinajstić information content (AvgIpc) is 3.30. The number of amides is 1. The first-order chi connectivity index (χ1) is 14.4. The molecule has 1 aliphatic heterocycles. The van der Waals surface area contributed by atoms with E-state index in [1.165, 1.54) is 47.4 Å². The summed E-state index contributed by atoms with van der Waals surface area (Å²) in [5, 5.41) is 6.17. The van der Waals surface area contributed by atoms with Crippen molar-refractivity contribution in [2.45, 2.75) is 25.4 Å². The SMILES string of the molecule is O=C(c1nc(-c2cccs2)n(-c2cccc(C(F)(F)F)c2)n1)N1CC(C2CCC2)C1. The zero-order valence-corrected chi connectivity index (χ0v) is 16.8. The van der Waals surface area contributed by atoms with Crippen molar-refractivity contribution in [3.05, 3.63) is 53.2 Å². The van der Waals surface area contributed by atoms with Crippen LogP contribution in [0.3, 0.4) is 0 Å². The van der Waals surface area contributed by atoms with Gasteiger partial charge in [0, 0.05) is 13.1 Å². The maximum atomic E-state index is 13.2. The molecule has 3 heterocycles. The number of aromatic nitrogens is 3. The third kappa shape index (κ3) is 3.40. The molecule has 0 spiro atoms. The van der Waals surface area contributed by atoms with Gasteiger partial charge >= 0.3 is 6.18 Å². The number of likely N-dealkylation sites (tertiary alicyclic amines) is 1. The summed E-state index contributed by atoms with van der Waals surface area (Å²) in [6.45, 7) is 1.41. The molecular formula is C21H19F3N4OS. The Morgan fingerprint density at radius 1 is 1.10 bits per heavy atom. The van der Waals surface area contributed by atoms with Gasteiger partial charge in [0.1, 0.15) is 0 Å². The zero-order chi connectivity index (χ0) is 20.9. The number of alkyl halides is 3. The van der Waals surface area contributed by atoms with Gasteiger partial charge in [-0.2, -0.15) is 13.2 Å². The number of carbonyl (C=O) groups excluding carboxylic acids is 1. The van der Waals surface area contributed by atoms with Crippen molar-refractivity contribution in [3.63, 3.8) is 0 Å². The van der Waals surface area contributed by atoms with Crippen LogP contribution in [0.1, 0.15) is 35.4 Å². The molecule has 9 heteroatoms. The van der Waals surface area contributed by atoms with Crippen molar-refractivity contribution in [2.24, 2.45) is 11.8 Å². The fourth-order valence-electron chi connectivity index (χ4n) is 3.99. The lowest BCUT2D eigenvalue weighted by molar-refractivity contribution is -0.137. The highest BCUT2D eigenvalue weighted by Crippen LogP contribution is 2.38. The molecule has 0 N–H and O–H groups in total. The van der Waals surface area contributed by atoms with Gasteiger partial charge in [-0.1, -0.05) is 31.4 Å². The monoisotopic (exact) mass is 432 g/mol. The zero-order valence-electron chi connectivity index (χ0n) is 16.0. The smallest absolute Gasteiger partial charge is 0.335 e. The number of thiophene rings is 1. The topological polar surface area (TPSA) is 51.0 Å². The van der Waals surface area contributed by atoms with E-state index in [1.807, 2.05) is 17.5 Å². The Balaban J connectivity index is 1.47. The summed E-state index contributed by atoms with van der Waals surface area (Å²) in [7, 11) is 0. The van der Waals surface area contributed by atoms with E-state index < -0.39 is 11.7 Å². The number of rotatable bonds is 4. The van der Waals surface area contributed by atoms with Crippen LogP contribution in [0.2, 0.25) is 0 Å². The molecule has 2 fully saturated rings. The lowest BCUT2D eigenvalue weighted by atomic mass is 9.72. The molecule has 1 amide bonds. The minimum atomic E-state index is -4.47. The highest BCUT2D eigenvalue weighted by atomic mass is 32.1. The first-order valence-electron chi connectivity index (χ1n) is 9.88. The first kappa shape index (κ1) is 19.3. The fourth-order valence-corrected chi connectivity index (χ4v) is 4.69. The quantitative estimate of drug-likeness (QED) is 0.590. The third-order valence-corrected chi connectivity index (χ3v) is 6.84. The molecule has 30 heavy (non-hydrogen) atoms. The van der Waals surface area contributed by atoms with Crippen LogP contribution in [0.15, 0.2) is 41.8 Å². The lowest BCUT2D eigenvalue weighted by Gasteiger charge is -2.46. The van der Waals surface area contributed by atoms with Gasteiger partial charge in [-0.05, 0) is 41.5 Å². The van der Waals surface area contributed by atoms with Crippen molar-refractivity contribution in [1.82, 2.24) is 19.7 Å². The molecular weight excluding hydrogens is 413 g/mol. The van der Waals surface area contributed by atoms with E-state index in [0.717, 1.165) is 17.0 Å². The first-order valence-corrected chi connectivity index (χ1v) is 10.8. The Kier molecular flexibility index (Phi) is 4.65. The highest BCUT2D eigenvalue weighted by Gasteiger charge is 2.40. The van der Waals surface area contributed by atoms with Gasteiger partial charge in [0.25, 0.3) is 5.91 Å². The van der Waals surface area contributed by atoms with Gasteiger partial charge in [-0.15, -0.1) is 16.4 Å². The Morgan fingerprint density at radius 2 is 1.90 bits per heavy atom. The van der Waals surface area contributed by atoms with Crippen LogP contribution in [-0.2, 0) is 6.18 Å². The predicted octanol–water partition coefficient (Wildman–Crippen LogP) is 4.89.